The van der Waals surface area contributed by atoms with E-state index >= 15 is 0 Å². The number of hydrogen-bond donors (Lipinski definition) is 2. The summed E-state index contributed by atoms with van der Waals surface area (Å²) in [5, 5.41) is 0. The highest BCUT2D eigenvalue weighted by Gasteiger charge is 2.09. The largest absolute Gasteiger partial charge is 0.486 e. The van der Waals surface area contributed by atoms with E-state index in [9.17, 15) is 9.18 Å². The Morgan fingerprint density at radius 1 is 1.24 bits per heavy atom. The van der Waals surface area contributed by atoms with Crippen LogP contribution in [0.3, 0.4) is 0 Å². The van der Waals surface area contributed by atoms with Gasteiger partial charge in [-0.1, -0.05) is 37.9 Å². The Labute approximate surface area is 137 Å². The predicted octanol–water partition coefficient (Wildman–Crippen LogP) is 3.53. The summed E-state index contributed by atoms with van der Waals surface area (Å²) in [5.74, 6) is 4.40. The van der Waals surface area contributed by atoms with E-state index in [2.05, 4.69) is 37.3 Å². The quantitative estimate of drug-likeness (QED) is 0.454. The van der Waals surface area contributed by atoms with Crippen molar-refractivity contribution < 1.29 is 13.9 Å². The average Bonchev–Trinajstić information content (AvgIpc) is 2.48. The molecule has 7 heteroatoms. The number of carbonyl (C=O) groups is 1. The highest BCUT2D eigenvalue weighted by atomic mass is 79.9. The molecule has 0 radical (unpaired) electrons. The normalized spacial score (nSPS) is 10.3. The predicted molar refractivity (Wildman–Crippen MR) is 84.2 cm³/mol. The molecule has 110 valence electrons. The lowest BCUT2D eigenvalue weighted by Gasteiger charge is -2.10. The minimum absolute atomic E-state index is 0.153. The van der Waals surface area contributed by atoms with Gasteiger partial charge in [-0.15, -0.1) is 0 Å². The van der Waals surface area contributed by atoms with Crippen molar-refractivity contribution in [1.82, 2.24) is 5.43 Å². The van der Waals surface area contributed by atoms with E-state index in [-0.39, 0.29) is 18.3 Å². The van der Waals surface area contributed by atoms with E-state index in [1.165, 1.54) is 6.07 Å². The van der Waals surface area contributed by atoms with Crippen molar-refractivity contribution in [3.8, 4) is 5.75 Å². The van der Waals surface area contributed by atoms with Gasteiger partial charge in [-0.05, 0) is 30.3 Å². The number of amides is 1. The molecule has 0 saturated heterocycles. The van der Waals surface area contributed by atoms with Gasteiger partial charge in [0, 0.05) is 20.1 Å². The van der Waals surface area contributed by atoms with Crippen LogP contribution in [-0.2, 0) is 6.61 Å². The summed E-state index contributed by atoms with van der Waals surface area (Å²) < 4.78 is 20.4. The number of halogens is 3. The van der Waals surface area contributed by atoms with Crippen molar-refractivity contribution in [2.45, 2.75) is 6.61 Å². The van der Waals surface area contributed by atoms with Crippen LogP contribution in [0.5, 0.6) is 5.75 Å². The van der Waals surface area contributed by atoms with Crippen LogP contribution in [0, 0.1) is 5.82 Å². The summed E-state index contributed by atoms with van der Waals surface area (Å²) >= 11 is 6.61. The fraction of sp³-hybridized carbons (Fsp3) is 0.0714. The van der Waals surface area contributed by atoms with Crippen molar-refractivity contribution >= 4 is 37.8 Å². The molecule has 0 bridgehead atoms. The topological polar surface area (TPSA) is 64.3 Å². The van der Waals surface area contributed by atoms with E-state index in [4.69, 9.17) is 10.6 Å². The lowest BCUT2D eigenvalue weighted by molar-refractivity contribution is 0.0953. The standard InChI is InChI=1S/C14H11Br2FN2O2/c15-10-3-4-12(17)13(6-10)21-7-9-2-1-8(5-11(9)16)14(20)19-18/h1-6H,7,18H2,(H,19,20). The van der Waals surface area contributed by atoms with Gasteiger partial charge in [-0.25, -0.2) is 10.2 Å². The second-order valence-electron chi connectivity index (χ2n) is 4.14. The zero-order valence-corrected chi connectivity index (χ0v) is 13.9. The van der Waals surface area contributed by atoms with Crippen molar-refractivity contribution in [2.75, 3.05) is 0 Å². The number of carbonyl (C=O) groups excluding carboxylic acids is 1. The summed E-state index contributed by atoms with van der Waals surface area (Å²) in [4.78, 5) is 11.4. The fourth-order valence-corrected chi connectivity index (χ4v) is 2.47. The minimum Gasteiger partial charge on any atom is -0.486 e. The zero-order chi connectivity index (χ0) is 15.4. The third kappa shape index (κ3) is 4.03. The molecule has 0 heterocycles. The monoisotopic (exact) mass is 416 g/mol. The number of nitrogen functional groups attached to an aromatic ring is 1. The Hall–Kier alpha value is -1.44. The van der Waals surface area contributed by atoms with Gasteiger partial charge < -0.3 is 4.74 Å². The van der Waals surface area contributed by atoms with Gasteiger partial charge in [0.15, 0.2) is 11.6 Å². The Bertz CT molecular complexity index is 680. The van der Waals surface area contributed by atoms with Crippen LogP contribution in [-0.4, -0.2) is 5.91 Å². The lowest BCUT2D eigenvalue weighted by atomic mass is 10.1. The van der Waals surface area contributed by atoms with E-state index in [1.807, 2.05) is 0 Å². The maximum atomic E-state index is 13.6. The molecule has 21 heavy (non-hydrogen) atoms. The maximum absolute atomic E-state index is 13.6. The molecule has 0 atom stereocenters. The molecular weight excluding hydrogens is 407 g/mol. The Morgan fingerprint density at radius 3 is 2.67 bits per heavy atom. The molecule has 0 saturated carbocycles. The van der Waals surface area contributed by atoms with Crippen LogP contribution in [0.25, 0.3) is 0 Å². The third-order valence-electron chi connectivity index (χ3n) is 2.72. The zero-order valence-electron chi connectivity index (χ0n) is 10.7. The van der Waals surface area contributed by atoms with E-state index in [0.29, 0.717) is 10.0 Å². The van der Waals surface area contributed by atoms with Crippen molar-refractivity contribution in [1.29, 1.82) is 0 Å². The van der Waals surface area contributed by atoms with Crippen molar-refractivity contribution in [2.24, 2.45) is 5.84 Å². The molecule has 1 amide bonds. The molecule has 2 aromatic rings. The number of hydrogen-bond acceptors (Lipinski definition) is 3. The Kier molecular flexibility index (Phi) is 5.33. The first kappa shape index (κ1) is 15.9. The molecule has 0 fully saturated rings. The first-order valence-corrected chi connectivity index (χ1v) is 7.47. The summed E-state index contributed by atoms with van der Waals surface area (Å²) in [7, 11) is 0. The van der Waals surface area contributed by atoms with Gasteiger partial charge >= 0.3 is 0 Å². The number of hydrazine groups is 1. The van der Waals surface area contributed by atoms with Gasteiger partial charge in [0.05, 0.1) is 0 Å². The molecule has 0 aliphatic heterocycles. The Balaban J connectivity index is 2.13. The molecule has 0 spiro atoms. The molecule has 3 N–H and O–H groups in total. The molecule has 0 aliphatic carbocycles. The third-order valence-corrected chi connectivity index (χ3v) is 3.95. The number of rotatable bonds is 4. The average molecular weight is 418 g/mol. The first-order chi connectivity index (χ1) is 10.0. The number of nitrogens with two attached hydrogens (primary N) is 1. The van der Waals surface area contributed by atoms with E-state index < -0.39 is 5.82 Å². The van der Waals surface area contributed by atoms with Gasteiger partial charge in [-0.2, -0.15) is 0 Å². The van der Waals surface area contributed by atoms with Crippen molar-refractivity contribution in [3.05, 3.63) is 62.3 Å². The maximum Gasteiger partial charge on any atom is 0.265 e. The number of benzene rings is 2. The van der Waals surface area contributed by atoms with Gasteiger partial charge in [0.25, 0.3) is 5.91 Å². The number of nitrogens with one attached hydrogen (secondary N) is 1. The second-order valence-corrected chi connectivity index (χ2v) is 5.91. The molecule has 4 nitrogen and oxygen atoms in total. The molecule has 2 aromatic carbocycles. The lowest BCUT2D eigenvalue weighted by Crippen LogP contribution is -2.29. The van der Waals surface area contributed by atoms with Gasteiger partial charge in [0.2, 0.25) is 0 Å². The van der Waals surface area contributed by atoms with Crippen molar-refractivity contribution in [3.63, 3.8) is 0 Å². The minimum atomic E-state index is -0.437. The summed E-state index contributed by atoms with van der Waals surface area (Å²) in [6, 6.07) is 9.42. The van der Waals surface area contributed by atoms with E-state index in [1.54, 1.807) is 30.3 Å². The fourth-order valence-electron chi connectivity index (χ4n) is 1.63. The van der Waals surface area contributed by atoms with Crippen LogP contribution >= 0.6 is 31.9 Å². The smallest absolute Gasteiger partial charge is 0.265 e. The van der Waals surface area contributed by atoms with Crippen LogP contribution in [0.1, 0.15) is 15.9 Å². The summed E-state index contributed by atoms with van der Waals surface area (Å²) in [6.07, 6.45) is 0. The van der Waals surface area contributed by atoms with Crippen LogP contribution < -0.4 is 16.0 Å². The molecule has 0 aliphatic rings. The molecule has 2 rings (SSSR count). The van der Waals surface area contributed by atoms with Crippen LogP contribution in [0.15, 0.2) is 45.3 Å². The number of ether oxygens (including phenoxy) is 1. The van der Waals surface area contributed by atoms with Crippen LogP contribution in [0.2, 0.25) is 0 Å². The molecular formula is C14H11Br2FN2O2. The Morgan fingerprint density at radius 2 is 2.00 bits per heavy atom. The molecule has 0 unspecified atom stereocenters. The SMILES string of the molecule is NNC(=O)c1ccc(COc2cc(Br)ccc2F)c(Br)c1. The van der Waals surface area contributed by atoms with Gasteiger partial charge in [-0.3, -0.25) is 10.2 Å². The second kappa shape index (κ2) is 7.02. The summed E-state index contributed by atoms with van der Waals surface area (Å²) in [5.41, 5.74) is 3.25. The molecule has 0 aromatic heterocycles. The van der Waals surface area contributed by atoms with Crippen LogP contribution in [0.4, 0.5) is 4.39 Å². The highest BCUT2D eigenvalue weighted by molar-refractivity contribution is 9.10. The first-order valence-electron chi connectivity index (χ1n) is 5.88. The summed E-state index contributed by atoms with van der Waals surface area (Å²) in [6.45, 7) is 0.165. The van der Waals surface area contributed by atoms with Gasteiger partial charge in [0.1, 0.15) is 6.61 Å². The van der Waals surface area contributed by atoms with E-state index in [0.717, 1.165) is 10.0 Å². The highest BCUT2D eigenvalue weighted by Crippen LogP contribution is 2.25.